The monoisotopic (exact) mass is 205 g/mol. The van der Waals surface area contributed by atoms with Crippen LogP contribution in [-0.4, -0.2) is 24.5 Å². The van der Waals surface area contributed by atoms with Crippen molar-refractivity contribution in [1.29, 1.82) is 0 Å². The van der Waals surface area contributed by atoms with Gasteiger partial charge in [-0.25, -0.2) is 9.59 Å². The molecule has 0 unspecified atom stereocenters. The summed E-state index contributed by atoms with van der Waals surface area (Å²) in [6, 6.07) is 0. The maximum Gasteiger partial charge on any atom is 0.347 e. The average Bonchev–Trinajstić information content (AvgIpc) is 2.28. The van der Waals surface area contributed by atoms with E-state index in [0.29, 0.717) is 0 Å². The molecule has 0 bridgehead atoms. The van der Waals surface area contributed by atoms with E-state index in [9.17, 15) is 14.4 Å². The smallest absolute Gasteiger partial charge is 0.347 e. The number of imide groups is 1. The van der Waals surface area contributed by atoms with E-state index in [1.54, 1.807) is 0 Å². The molecule has 0 aromatic heterocycles. The fourth-order valence-electron chi connectivity index (χ4n) is 0.790. The van der Waals surface area contributed by atoms with Crippen LogP contribution in [0.5, 0.6) is 0 Å². The molecule has 1 N–H and O–H groups in total. The van der Waals surface area contributed by atoms with Crippen molar-refractivity contribution in [2.45, 2.75) is 6.92 Å². The molecule has 2 amide bonds. The van der Waals surface area contributed by atoms with Crippen molar-refractivity contribution in [2.24, 2.45) is 0 Å². The number of rotatable bonds is 2. The van der Waals surface area contributed by atoms with Gasteiger partial charge in [-0.3, -0.25) is 4.79 Å². The summed E-state index contributed by atoms with van der Waals surface area (Å²) in [6.45, 7) is 0.998. The molecule has 1 heterocycles. The van der Waals surface area contributed by atoms with Gasteiger partial charge in [0.15, 0.2) is 0 Å². The van der Waals surface area contributed by atoms with Gasteiger partial charge >= 0.3 is 17.8 Å². The first-order chi connectivity index (χ1) is 5.61. The number of halogens is 1. The van der Waals surface area contributed by atoms with E-state index in [4.69, 9.17) is 0 Å². The Balaban J connectivity index is 0.00000144. The van der Waals surface area contributed by atoms with Gasteiger partial charge in [0.2, 0.25) is 6.73 Å². The molecule has 0 atom stereocenters. The predicted molar refractivity (Wildman–Crippen MR) is 36.7 cm³/mol. The minimum atomic E-state index is -0.505. The van der Waals surface area contributed by atoms with Crippen molar-refractivity contribution in [3.8, 4) is 0 Å². The van der Waals surface area contributed by atoms with Crippen LogP contribution in [0, 0.1) is 0 Å². The molecule has 0 fully saturated rings. The van der Waals surface area contributed by atoms with E-state index >= 15 is 0 Å². The molecule has 1 aliphatic rings. The van der Waals surface area contributed by atoms with Gasteiger partial charge in [-0.2, -0.15) is 4.90 Å². The molecule has 72 valence electrons. The van der Waals surface area contributed by atoms with E-state index in [-0.39, 0.29) is 35.9 Å². The van der Waals surface area contributed by atoms with Gasteiger partial charge in [0.05, 0.1) is 12.2 Å². The van der Waals surface area contributed by atoms with Crippen molar-refractivity contribution >= 4 is 17.8 Å². The van der Waals surface area contributed by atoms with Crippen molar-refractivity contribution < 1.29 is 36.4 Å². The van der Waals surface area contributed by atoms with Crippen molar-refractivity contribution in [3.63, 3.8) is 0 Å². The lowest BCUT2D eigenvalue weighted by molar-refractivity contribution is -0.753. The molecule has 1 rings (SSSR count). The first-order valence-electron chi connectivity index (χ1n) is 3.37. The SMILES string of the molecule is CC(=O)OC[NH+]1C(=O)C=CC1=O.[Cl-]. The predicted octanol–water partition coefficient (Wildman–Crippen LogP) is -4.98. The van der Waals surface area contributed by atoms with E-state index in [2.05, 4.69) is 4.74 Å². The lowest BCUT2D eigenvalue weighted by Gasteiger charge is -2.05. The van der Waals surface area contributed by atoms with Gasteiger partial charge in [0.25, 0.3) is 0 Å². The van der Waals surface area contributed by atoms with Gasteiger partial charge in [-0.1, -0.05) is 0 Å². The normalized spacial score (nSPS) is 15.8. The summed E-state index contributed by atoms with van der Waals surface area (Å²) in [6.07, 6.45) is 2.34. The quantitative estimate of drug-likeness (QED) is 0.362. The number of nitrogens with one attached hydrogen (secondary N) is 1. The van der Waals surface area contributed by atoms with Gasteiger partial charge < -0.3 is 17.1 Å². The topological polar surface area (TPSA) is 64.9 Å². The second kappa shape index (κ2) is 4.74. The molecule has 0 aliphatic carbocycles. The summed E-state index contributed by atoms with van der Waals surface area (Å²) in [5.74, 6) is -1.25. The molecule has 0 aromatic rings. The highest BCUT2D eigenvalue weighted by Gasteiger charge is 2.30. The second-order valence-electron chi connectivity index (χ2n) is 2.32. The van der Waals surface area contributed by atoms with Crippen molar-refractivity contribution in [2.75, 3.05) is 6.73 Å². The summed E-state index contributed by atoms with van der Waals surface area (Å²) >= 11 is 0. The van der Waals surface area contributed by atoms with Crippen molar-refractivity contribution in [3.05, 3.63) is 12.2 Å². The van der Waals surface area contributed by atoms with Crippen LogP contribution in [0.25, 0.3) is 0 Å². The van der Waals surface area contributed by atoms with Crippen LogP contribution < -0.4 is 17.3 Å². The zero-order valence-corrected chi connectivity index (χ0v) is 7.63. The Morgan fingerprint density at radius 2 is 1.85 bits per heavy atom. The van der Waals surface area contributed by atoms with Crippen LogP contribution >= 0.6 is 0 Å². The number of amides is 2. The molecule has 1 aliphatic heterocycles. The summed E-state index contributed by atoms with van der Waals surface area (Å²) in [5.41, 5.74) is 0. The maximum atomic E-state index is 10.9. The molecule has 0 spiro atoms. The number of hydrogen-bond donors (Lipinski definition) is 1. The summed E-state index contributed by atoms with van der Waals surface area (Å²) in [7, 11) is 0. The number of ether oxygens (including phenoxy) is 1. The summed E-state index contributed by atoms with van der Waals surface area (Å²) < 4.78 is 4.51. The number of quaternary nitrogens is 1. The molecule has 5 nitrogen and oxygen atoms in total. The molecule has 0 aromatic carbocycles. The van der Waals surface area contributed by atoms with Gasteiger partial charge in [-0.15, -0.1) is 0 Å². The average molecular weight is 206 g/mol. The Bertz CT molecular complexity index is 256. The molecule has 0 saturated heterocycles. The zero-order valence-electron chi connectivity index (χ0n) is 6.87. The van der Waals surface area contributed by atoms with Crippen molar-refractivity contribution in [1.82, 2.24) is 0 Å². The molecule has 13 heavy (non-hydrogen) atoms. The number of esters is 1. The number of hydrogen-bond acceptors (Lipinski definition) is 4. The Morgan fingerprint density at radius 1 is 1.38 bits per heavy atom. The van der Waals surface area contributed by atoms with E-state index < -0.39 is 5.97 Å². The van der Waals surface area contributed by atoms with Crippen LogP contribution in [0.4, 0.5) is 0 Å². The highest BCUT2D eigenvalue weighted by Crippen LogP contribution is 1.79. The molecular weight excluding hydrogens is 198 g/mol. The lowest BCUT2D eigenvalue weighted by Crippen LogP contribution is -3.15. The second-order valence-corrected chi connectivity index (χ2v) is 2.32. The van der Waals surface area contributed by atoms with Crippen LogP contribution in [-0.2, 0) is 19.1 Å². The standard InChI is InChI=1S/C7H7NO4.ClH/c1-5(9)12-4-8-6(10)2-3-7(8)11;/h2-3H,4H2,1H3;1H. The van der Waals surface area contributed by atoms with Crippen LogP contribution in [0.2, 0.25) is 0 Å². The van der Waals surface area contributed by atoms with Crippen LogP contribution in [0.3, 0.4) is 0 Å². The largest absolute Gasteiger partial charge is 1.00 e. The Labute approximate surface area is 80.7 Å². The Hall–Kier alpha value is -1.20. The Kier molecular flexibility index (Phi) is 4.30. The minimum absolute atomic E-state index is 0. The fraction of sp³-hybridized carbons (Fsp3) is 0.286. The highest BCUT2D eigenvalue weighted by molar-refractivity contribution is 6.01. The van der Waals surface area contributed by atoms with E-state index in [0.717, 1.165) is 0 Å². The molecule has 0 radical (unpaired) electrons. The van der Waals surface area contributed by atoms with Gasteiger partial charge in [0.1, 0.15) is 0 Å². The van der Waals surface area contributed by atoms with Crippen LogP contribution in [0.15, 0.2) is 12.2 Å². The van der Waals surface area contributed by atoms with E-state index in [1.807, 2.05) is 0 Å². The summed E-state index contributed by atoms with van der Waals surface area (Å²) in [4.78, 5) is 32.1. The van der Waals surface area contributed by atoms with Gasteiger partial charge in [0, 0.05) is 6.92 Å². The maximum absolute atomic E-state index is 10.9. The fourth-order valence-corrected chi connectivity index (χ4v) is 0.790. The molecular formula is C7H8ClNO4. The third-order valence-electron chi connectivity index (χ3n) is 1.40. The first-order valence-corrected chi connectivity index (χ1v) is 3.37. The first kappa shape index (κ1) is 11.8. The van der Waals surface area contributed by atoms with Crippen LogP contribution in [0.1, 0.15) is 6.92 Å². The minimum Gasteiger partial charge on any atom is -1.00 e. The van der Waals surface area contributed by atoms with E-state index in [1.165, 1.54) is 19.1 Å². The summed E-state index contributed by atoms with van der Waals surface area (Å²) in [5, 5.41) is 0. The van der Waals surface area contributed by atoms with Gasteiger partial charge in [-0.05, 0) is 0 Å². The molecule has 0 saturated carbocycles. The third kappa shape index (κ3) is 2.96. The number of carbonyl (C=O) groups excluding carboxylic acids is 3. The lowest BCUT2D eigenvalue weighted by atomic mass is 10.6. The number of carbonyl (C=O) groups is 3. The third-order valence-corrected chi connectivity index (χ3v) is 1.40. The molecule has 6 heteroatoms. The Morgan fingerprint density at radius 3 is 2.23 bits per heavy atom. The highest BCUT2D eigenvalue weighted by atomic mass is 35.5. The zero-order chi connectivity index (χ0) is 9.14.